The van der Waals surface area contributed by atoms with Gasteiger partial charge in [-0.1, -0.05) is 0 Å². The highest BCUT2D eigenvalue weighted by molar-refractivity contribution is 9.10. The molecular weight excluding hydrogens is 279 g/mol. The van der Waals surface area contributed by atoms with Crippen molar-refractivity contribution in [2.45, 2.75) is 0 Å². The topological polar surface area (TPSA) is 35.2 Å². The van der Waals surface area contributed by atoms with Gasteiger partial charge in [0.1, 0.15) is 12.4 Å². The Balaban J connectivity index is 0.00000169. The van der Waals surface area contributed by atoms with Crippen LogP contribution in [0.5, 0.6) is 5.75 Å². The van der Waals surface area contributed by atoms with Crippen LogP contribution < -0.4 is 10.5 Å². The van der Waals surface area contributed by atoms with Crippen molar-refractivity contribution in [3.63, 3.8) is 0 Å². The van der Waals surface area contributed by atoms with Crippen LogP contribution in [0.3, 0.4) is 0 Å². The van der Waals surface area contributed by atoms with Gasteiger partial charge in [-0.05, 0) is 22.0 Å². The van der Waals surface area contributed by atoms with Crippen LogP contribution in [-0.2, 0) is 0 Å². The predicted molar refractivity (Wildman–Crippen MR) is 55.9 cm³/mol. The predicted octanol–water partition coefficient (Wildman–Crippen LogP) is 2.49. The van der Waals surface area contributed by atoms with Crippen molar-refractivity contribution in [3.05, 3.63) is 28.2 Å². The summed E-state index contributed by atoms with van der Waals surface area (Å²) in [7, 11) is 0. The van der Waals surface area contributed by atoms with Crippen molar-refractivity contribution < 1.29 is 13.5 Å². The van der Waals surface area contributed by atoms with Gasteiger partial charge in [0.2, 0.25) is 0 Å². The molecule has 80 valence electrons. The van der Waals surface area contributed by atoms with E-state index in [0.717, 1.165) is 12.1 Å². The second-order valence-electron chi connectivity index (χ2n) is 2.33. The van der Waals surface area contributed by atoms with Crippen molar-refractivity contribution in [2.75, 3.05) is 13.2 Å². The lowest BCUT2D eigenvalue weighted by Gasteiger charge is -2.06. The quantitative estimate of drug-likeness (QED) is 0.867. The first-order valence-electron chi connectivity index (χ1n) is 3.62. The lowest BCUT2D eigenvalue weighted by atomic mass is 10.3. The van der Waals surface area contributed by atoms with Gasteiger partial charge >= 0.3 is 0 Å². The lowest BCUT2D eigenvalue weighted by Crippen LogP contribution is -2.11. The largest absolute Gasteiger partial charge is 0.489 e. The van der Waals surface area contributed by atoms with Gasteiger partial charge in [0.05, 0.1) is 4.47 Å². The molecule has 1 aromatic rings. The van der Waals surface area contributed by atoms with Crippen molar-refractivity contribution in [1.82, 2.24) is 0 Å². The Morgan fingerprint density at radius 2 is 1.93 bits per heavy atom. The average molecular weight is 289 g/mol. The van der Waals surface area contributed by atoms with Gasteiger partial charge in [0.15, 0.2) is 11.6 Å². The number of ether oxygens (including phenoxy) is 1. The van der Waals surface area contributed by atoms with Gasteiger partial charge < -0.3 is 10.5 Å². The summed E-state index contributed by atoms with van der Waals surface area (Å²) in [6.07, 6.45) is 0. The summed E-state index contributed by atoms with van der Waals surface area (Å²) in [6.45, 7) is 0.426. The summed E-state index contributed by atoms with van der Waals surface area (Å²) in [6, 6.07) is 2.00. The maximum absolute atomic E-state index is 13.0. The maximum atomic E-state index is 13.0. The van der Waals surface area contributed by atoms with Gasteiger partial charge in [-0.2, -0.15) is 0 Å². The molecule has 6 heteroatoms. The molecular formula is C8H9BrClF2NO. The summed E-state index contributed by atoms with van der Waals surface area (Å²) in [5.74, 6) is -1.29. The van der Waals surface area contributed by atoms with Crippen LogP contribution >= 0.6 is 28.3 Å². The molecule has 0 bridgehead atoms. The van der Waals surface area contributed by atoms with E-state index < -0.39 is 11.6 Å². The van der Waals surface area contributed by atoms with E-state index in [1.54, 1.807) is 0 Å². The van der Waals surface area contributed by atoms with Crippen molar-refractivity contribution in [2.24, 2.45) is 5.73 Å². The number of halogens is 4. The molecule has 0 saturated carbocycles. The van der Waals surface area contributed by atoms with Gasteiger partial charge in [-0.25, -0.2) is 8.78 Å². The summed E-state index contributed by atoms with van der Waals surface area (Å²) in [5.41, 5.74) is 5.14. The summed E-state index contributed by atoms with van der Waals surface area (Å²) >= 11 is 2.85. The molecule has 0 aliphatic heterocycles. The minimum atomic E-state index is -0.610. The van der Waals surface area contributed by atoms with Gasteiger partial charge in [-0.3, -0.25) is 0 Å². The smallest absolute Gasteiger partial charge is 0.166 e. The molecule has 0 aliphatic carbocycles. The molecule has 1 aromatic carbocycles. The fourth-order valence-electron chi connectivity index (χ4n) is 0.784. The highest BCUT2D eigenvalue weighted by Crippen LogP contribution is 2.24. The van der Waals surface area contributed by atoms with Gasteiger partial charge in [0, 0.05) is 12.6 Å². The standard InChI is InChI=1S/C8H8BrF2NO.ClH/c9-5-3-7(11)8(4-6(5)10)13-2-1-12;/h3-4H,1-2,12H2;1H. The van der Waals surface area contributed by atoms with Crippen LogP contribution in [0.15, 0.2) is 16.6 Å². The Bertz CT molecular complexity index is 312. The molecule has 0 saturated heterocycles. The molecule has 0 atom stereocenters. The minimum Gasteiger partial charge on any atom is -0.489 e. The Morgan fingerprint density at radius 1 is 1.29 bits per heavy atom. The molecule has 0 spiro atoms. The Hall–Kier alpha value is -0.390. The second kappa shape index (κ2) is 6.16. The van der Waals surface area contributed by atoms with Crippen LogP contribution in [0.4, 0.5) is 8.78 Å². The SMILES string of the molecule is Cl.NCCOc1cc(F)c(Br)cc1F. The minimum absolute atomic E-state index is 0. The molecule has 1 rings (SSSR count). The van der Waals surface area contributed by atoms with E-state index >= 15 is 0 Å². The number of hydrogen-bond donors (Lipinski definition) is 1. The summed E-state index contributed by atoms with van der Waals surface area (Å²) in [4.78, 5) is 0. The second-order valence-corrected chi connectivity index (χ2v) is 3.19. The first kappa shape index (κ1) is 13.6. The molecule has 0 aliphatic rings. The monoisotopic (exact) mass is 287 g/mol. The number of rotatable bonds is 3. The Kier molecular flexibility index (Phi) is 5.99. The van der Waals surface area contributed by atoms with E-state index in [-0.39, 0.29) is 35.8 Å². The molecule has 0 heterocycles. The average Bonchev–Trinajstić information content (AvgIpc) is 2.09. The third-order valence-electron chi connectivity index (χ3n) is 1.35. The zero-order chi connectivity index (χ0) is 9.84. The van der Waals surface area contributed by atoms with E-state index in [2.05, 4.69) is 15.9 Å². The molecule has 2 nitrogen and oxygen atoms in total. The fourth-order valence-corrected chi connectivity index (χ4v) is 1.10. The maximum Gasteiger partial charge on any atom is 0.166 e. The highest BCUT2D eigenvalue weighted by Gasteiger charge is 2.08. The third-order valence-corrected chi connectivity index (χ3v) is 1.96. The zero-order valence-electron chi connectivity index (χ0n) is 7.10. The van der Waals surface area contributed by atoms with Crippen molar-refractivity contribution in [3.8, 4) is 5.75 Å². The molecule has 2 N–H and O–H groups in total. The van der Waals surface area contributed by atoms with E-state index in [4.69, 9.17) is 10.5 Å². The third kappa shape index (κ3) is 3.40. The number of nitrogens with two attached hydrogens (primary N) is 1. The summed E-state index contributed by atoms with van der Waals surface area (Å²) in [5, 5.41) is 0. The molecule has 0 fully saturated rings. The molecule has 0 radical (unpaired) electrons. The van der Waals surface area contributed by atoms with Crippen molar-refractivity contribution >= 4 is 28.3 Å². The van der Waals surface area contributed by atoms with Crippen LogP contribution in [0.2, 0.25) is 0 Å². The first-order valence-corrected chi connectivity index (χ1v) is 4.42. The highest BCUT2D eigenvalue weighted by atomic mass is 79.9. The molecule has 0 unspecified atom stereocenters. The molecule has 14 heavy (non-hydrogen) atoms. The van der Waals surface area contributed by atoms with E-state index in [0.29, 0.717) is 0 Å². The van der Waals surface area contributed by atoms with Crippen LogP contribution in [0, 0.1) is 11.6 Å². The first-order chi connectivity index (χ1) is 6.15. The van der Waals surface area contributed by atoms with Crippen LogP contribution in [-0.4, -0.2) is 13.2 Å². The van der Waals surface area contributed by atoms with E-state index in [1.807, 2.05) is 0 Å². The lowest BCUT2D eigenvalue weighted by molar-refractivity contribution is 0.309. The normalized spacial score (nSPS) is 9.43. The Morgan fingerprint density at radius 3 is 2.50 bits per heavy atom. The number of benzene rings is 1. The van der Waals surface area contributed by atoms with E-state index in [9.17, 15) is 8.78 Å². The zero-order valence-corrected chi connectivity index (χ0v) is 9.50. The molecule has 0 aromatic heterocycles. The van der Waals surface area contributed by atoms with Crippen LogP contribution in [0.25, 0.3) is 0 Å². The van der Waals surface area contributed by atoms with Gasteiger partial charge in [0.25, 0.3) is 0 Å². The van der Waals surface area contributed by atoms with Crippen LogP contribution in [0.1, 0.15) is 0 Å². The number of hydrogen-bond acceptors (Lipinski definition) is 2. The van der Waals surface area contributed by atoms with E-state index in [1.165, 1.54) is 0 Å². The Labute approximate surface area is 95.0 Å². The fraction of sp³-hybridized carbons (Fsp3) is 0.250. The van der Waals surface area contributed by atoms with Gasteiger partial charge in [-0.15, -0.1) is 12.4 Å². The summed E-state index contributed by atoms with van der Waals surface area (Å²) < 4.78 is 30.8. The molecule has 0 amide bonds. The van der Waals surface area contributed by atoms with Crippen molar-refractivity contribution in [1.29, 1.82) is 0 Å².